The lowest BCUT2D eigenvalue weighted by Gasteiger charge is -2.22. The number of nitrogens with one attached hydrogen (secondary N) is 2. The van der Waals surface area contributed by atoms with Gasteiger partial charge in [-0.2, -0.15) is 0 Å². The molecule has 5 heteroatoms. The van der Waals surface area contributed by atoms with E-state index in [-0.39, 0.29) is 5.91 Å². The molecule has 0 aliphatic heterocycles. The Kier molecular flexibility index (Phi) is 4.20. The quantitative estimate of drug-likeness (QED) is 0.782. The zero-order valence-electron chi connectivity index (χ0n) is 11.8. The summed E-state index contributed by atoms with van der Waals surface area (Å²) in [7, 11) is 0. The average molecular weight is 272 g/mol. The van der Waals surface area contributed by atoms with Crippen molar-refractivity contribution in [1.82, 2.24) is 9.97 Å². The first-order valence-electron chi connectivity index (χ1n) is 6.73. The van der Waals surface area contributed by atoms with Crippen LogP contribution >= 0.6 is 0 Å². The number of hydrogen-bond donors (Lipinski definition) is 3. The fourth-order valence-corrected chi connectivity index (χ4v) is 2.04. The highest BCUT2D eigenvalue weighted by molar-refractivity contribution is 5.97. The van der Waals surface area contributed by atoms with Gasteiger partial charge in [-0.25, -0.2) is 4.98 Å². The normalized spacial score (nSPS) is 13.8. The molecule has 1 atom stereocenters. The molecule has 5 nitrogen and oxygen atoms in total. The molecule has 1 unspecified atom stereocenters. The minimum atomic E-state index is -0.839. The fourth-order valence-electron chi connectivity index (χ4n) is 2.04. The van der Waals surface area contributed by atoms with Gasteiger partial charge in [0, 0.05) is 23.6 Å². The molecule has 20 heavy (non-hydrogen) atoms. The maximum absolute atomic E-state index is 12.1. The third-order valence-electron chi connectivity index (χ3n) is 3.20. The molecular formula is C15H20N4O. The Morgan fingerprint density at radius 1 is 1.40 bits per heavy atom. The first-order valence-corrected chi connectivity index (χ1v) is 6.73. The zero-order chi connectivity index (χ0) is 14.6. The lowest BCUT2D eigenvalue weighted by molar-refractivity contribution is -0.120. The van der Waals surface area contributed by atoms with Crippen molar-refractivity contribution in [3.05, 3.63) is 36.7 Å². The van der Waals surface area contributed by atoms with Gasteiger partial charge in [0.2, 0.25) is 5.91 Å². The molecular weight excluding hydrogens is 252 g/mol. The van der Waals surface area contributed by atoms with Crippen molar-refractivity contribution in [1.29, 1.82) is 0 Å². The van der Waals surface area contributed by atoms with Crippen LogP contribution in [0.15, 0.2) is 36.7 Å². The molecule has 2 rings (SSSR count). The summed E-state index contributed by atoms with van der Waals surface area (Å²) in [6.07, 6.45) is 5.01. The van der Waals surface area contributed by atoms with Crippen LogP contribution in [0.4, 0.5) is 5.69 Å². The van der Waals surface area contributed by atoms with Gasteiger partial charge in [-0.15, -0.1) is 0 Å². The van der Waals surface area contributed by atoms with Crippen molar-refractivity contribution < 1.29 is 4.79 Å². The van der Waals surface area contributed by atoms with Gasteiger partial charge in [0.05, 0.1) is 5.54 Å². The number of anilines is 1. The summed E-state index contributed by atoms with van der Waals surface area (Å²) < 4.78 is 0. The van der Waals surface area contributed by atoms with E-state index in [4.69, 9.17) is 5.73 Å². The van der Waals surface area contributed by atoms with Gasteiger partial charge in [0.15, 0.2) is 0 Å². The van der Waals surface area contributed by atoms with E-state index in [1.54, 1.807) is 19.3 Å². The zero-order valence-corrected chi connectivity index (χ0v) is 11.8. The summed E-state index contributed by atoms with van der Waals surface area (Å²) in [5.41, 5.74) is 6.86. The topological polar surface area (TPSA) is 83.8 Å². The molecule has 1 aromatic heterocycles. The maximum Gasteiger partial charge on any atom is 0.244 e. The number of benzene rings is 1. The predicted octanol–water partition coefficient (Wildman–Crippen LogP) is 2.53. The second-order valence-electron chi connectivity index (χ2n) is 5.14. The van der Waals surface area contributed by atoms with E-state index in [0.717, 1.165) is 23.5 Å². The molecule has 106 valence electrons. The summed E-state index contributed by atoms with van der Waals surface area (Å²) in [4.78, 5) is 19.3. The van der Waals surface area contributed by atoms with Crippen LogP contribution in [0, 0.1) is 0 Å². The van der Waals surface area contributed by atoms with Gasteiger partial charge < -0.3 is 16.0 Å². The molecule has 0 bridgehead atoms. The number of aromatic amines is 1. The highest BCUT2D eigenvalue weighted by Gasteiger charge is 2.27. The predicted molar refractivity (Wildman–Crippen MR) is 80.2 cm³/mol. The van der Waals surface area contributed by atoms with E-state index < -0.39 is 5.54 Å². The van der Waals surface area contributed by atoms with E-state index >= 15 is 0 Å². The Hall–Kier alpha value is -2.14. The monoisotopic (exact) mass is 272 g/mol. The number of H-pyrrole nitrogens is 1. The molecule has 1 aromatic carbocycles. The Balaban J connectivity index is 2.06. The van der Waals surface area contributed by atoms with Crippen molar-refractivity contribution in [3.63, 3.8) is 0 Å². The third kappa shape index (κ3) is 3.24. The second-order valence-corrected chi connectivity index (χ2v) is 5.14. The number of nitrogens with two attached hydrogens (primary N) is 1. The number of imidazole rings is 1. The van der Waals surface area contributed by atoms with Crippen molar-refractivity contribution in [2.24, 2.45) is 5.73 Å². The molecule has 0 saturated carbocycles. The molecule has 0 aliphatic rings. The fraction of sp³-hybridized carbons (Fsp3) is 0.333. The summed E-state index contributed by atoms with van der Waals surface area (Å²) in [6, 6.07) is 7.50. The van der Waals surface area contributed by atoms with Crippen LogP contribution < -0.4 is 11.1 Å². The van der Waals surface area contributed by atoms with Gasteiger partial charge in [0.25, 0.3) is 0 Å². The minimum Gasteiger partial charge on any atom is -0.345 e. The number of carbonyl (C=O) groups is 1. The number of rotatable bonds is 5. The maximum atomic E-state index is 12.1. The SMILES string of the molecule is CCCC(C)(N)C(=O)Nc1ccc(-c2ncc[nH]2)cc1. The van der Waals surface area contributed by atoms with Crippen LogP contribution in [0.25, 0.3) is 11.4 Å². The highest BCUT2D eigenvalue weighted by Crippen LogP contribution is 2.19. The summed E-state index contributed by atoms with van der Waals surface area (Å²) in [5, 5.41) is 2.84. The van der Waals surface area contributed by atoms with Crippen LogP contribution in [0.2, 0.25) is 0 Å². The lowest BCUT2D eigenvalue weighted by Crippen LogP contribution is -2.48. The van der Waals surface area contributed by atoms with Crippen molar-refractivity contribution in [2.45, 2.75) is 32.2 Å². The van der Waals surface area contributed by atoms with E-state index in [0.29, 0.717) is 6.42 Å². The highest BCUT2D eigenvalue weighted by atomic mass is 16.2. The molecule has 0 aliphatic carbocycles. The van der Waals surface area contributed by atoms with Crippen molar-refractivity contribution in [2.75, 3.05) is 5.32 Å². The average Bonchev–Trinajstić information content (AvgIpc) is 2.93. The summed E-state index contributed by atoms with van der Waals surface area (Å²) in [5.74, 6) is 0.641. The van der Waals surface area contributed by atoms with Crippen LogP contribution in [0.1, 0.15) is 26.7 Å². The molecule has 0 spiro atoms. The summed E-state index contributed by atoms with van der Waals surface area (Å²) >= 11 is 0. The lowest BCUT2D eigenvalue weighted by atomic mass is 9.96. The van der Waals surface area contributed by atoms with E-state index in [9.17, 15) is 4.79 Å². The molecule has 2 aromatic rings. The van der Waals surface area contributed by atoms with E-state index in [1.807, 2.05) is 31.2 Å². The molecule has 4 N–H and O–H groups in total. The molecule has 0 saturated heterocycles. The van der Waals surface area contributed by atoms with Gasteiger partial charge >= 0.3 is 0 Å². The number of aromatic nitrogens is 2. The van der Waals surface area contributed by atoms with Crippen LogP contribution in [0.5, 0.6) is 0 Å². The minimum absolute atomic E-state index is 0.162. The first-order chi connectivity index (χ1) is 9.53. The molecule has 1 amide bonds. The van der Waals surface area contributed by atoms with Gasteiger partial charge in [-0.1, -0.05) is 13.3 Å². The van der Waals surface area contributed by atoms with Crippen LogP contribution in [0.3, 0.4) is 0 Å². The van der Waals surface area contributed by atoms with Crippen LogP contribution in [-0.4, -0.2) is 21.4 Å². The summed E-state index contributed by atoms with van der Waals surface area (Å²) in [6.45, 7) is 3.76. The van der Waals surface area contributed by atoms with Crippen molar-refractivity contribution >= 4 is 11.6 Å². The molecule has 0 radical (unpaired) electrons. The molecule has 0 fully saturated rings. The van der Waals surface area contributed by atoms with Crippen LogP contribution in [-0.2, 0) is 4.79 Å². The number of nitrogens with zero attached hydrogens (tertiary/aromatic N) is 1. The van der Waals surface area contributed by atoms with E-state index in [2.05, 4.69) is 15.3 Å². The Bertz CT molecular complexity index is 558. The molecule has 1 heterocycles. The standard InChI is InChI=1S/C15H20N4O/c1-3-8-15(2,16)14(20)19-12-6-4-11(5-7-12)13-17-9-10-18-13/h4-7,9-10H,3,8,16H2,1-2H3,(H,17,18)(H,19,20). The van der Waals surface area contributed by atoms with Gasteiger partial charge in [-0.3, -0.25) is 4.79 Å². The Labute approximate surface area is 118 Å². The smallest absolute Gasteiger partial charge is 0.244 e. The second kappa shape index (κ2) is 5.88. The third-order valence-corrected chi connectivity index (χ3v) is 3.20. The number of hydrogen-bond acceptors (Lipinski definition) is 3. The Morgan fingerprint density at radius 3 is 2.65 bits per heavy atom. The number of amides is 1. The van der Waals surface area contributed by atoms with Crippen molar-refractivity contribution in [3.8, 4) is 11.4 Å². The first kappa shape index (κ1) is 14.3. The van der Waals surface area contributed by atoms with Gasteiger partial charge in [-0.05, 0) is 37.6 Å². The Morgan fingerprint density at radius 2 is 2.10 bits per heavy atom. The number of carbonyl (C=O) groups excluding carboxylic acids is 1. The van der Waals surface area contributed by atoms with Gasteiger partial charge in [0.1, 0.15) is 5.82 Å². The van der Waals surface area contributed by atoms with E-state index in [1.165, 1.54) is 0 Å². The largest absolute Gasteiger partial charge is 0.345 e.